The van der Waals surface area contributed by atoms with Crippen LogP contribution in [0.5, 0.6) is 11.5 Å². The molecule has 0 unspecified atom stereocenters. The van der Waals surface area contributed by atoms with Crippen molar-refractivity contribution in [2.75, 3.05) is 7.05 Å². The normalized spacial score (nSPS) is 10.2. The van der Waals surface area contributed by atoms with Crippen LogP contribution in [0.2, 0.25) is 0 Å². The van der Waals surface area contributed by atoms with Crippen LogP contribution in [-0.2, 0) is 6.54 Å². The third-order valence-electron chi connectivity index (χ3n) is 2.37. The van der Waals surface area contributed by atoms with E-state index in [0.717, 1.165) is 23.7 Å². The monoisotopic (exact) mass is 228 g/mol. The molecule has 2 rings (SSSR count). The molecule has 2 aromatic rings. The Labute approximate surface area is 101 Å². The predicted octanol–water partition coefficient (Wildman–Crippen LogP) is 2.90. The maximum absolute atomic E-state index is 5.78. The summed E-state index contributed by atoms with van der Waals surface area (Å²) in [6.45, 7) is 2.79. The molecule has 0 spiro atoms. The van der Waals surface area contributed by atoms with Gasteiger partial charge in [0.05, 0.1) is 5.69 Å². The summed E-state index contributed by atoms with van der Waals surface area (Å²) in [6.07, 6.45) is 1.76. The third-order valence-corrected chi connectivity index (χ3v) is 2.37. The lowest BCUT2D eigenvalue weighted by Crippen LogP contribution is -2.06. The molecule has 0 aliphatic rings. The van der Waals surface area contributed by atoms with E-state index in [1.807, 2.05) is 50.4 Å². The number of nitrogens with one attached hydrogen (secondary N) is 1. The summed E-state index contributed by atoms with van der Waals surface area (Å²) >= 11 is 0. The summed E-state index contributed by atoms with van der Waals surface area (Å²) in [5.41, 5.74) is 2.16. The van der Waals surface area contributed by atoms with Gasteiger partial charge in [0.25, 0.3) is 0 Å². The number of aryl methyl sites for hydroxylation is 1. The second-order valence-corrected chi connectivity index (χ2v) is 3.93. The Morgan fingerprint density at radius 2 is 2.00 bits per heavy atom. The maximum Gasteiger partial charge on any atom is 0.130 e. The fraction of sp³-hybridized carbons (Fsp3) is 0.214. The Morgan fingerprint density at radius 3 is 2.76 bits per heavy atom. The second kappa shape index (κ2) is 5.46. The molecule has 0 aliphatic heterocycles. The Hall–Kier alpha value is -1.87. The van der Waals surface area contributed by atoms with Crippen molar-refractivity contribution >= 4 is 0 Å². The Morgan fingerprint density at radius 1 is 1.18 bits per heavy atom. The van der Waals surface area contributed by atoms with Gasteiger partial charge in [0.1, 0.15) is 11.5 Å². The van der Waals surface area contributed by atoms with E-state index in [4.69, 9.17) is 4.74 Å². The van der Waals surface area contributed by atoms with E-state index in [9.17, 15) is 0 Å². The quantitative estimate of drug-likeness (QED) is 0.873. The van der Waals surface area contributed by atoms with Gasteiger partial charge < -0.3 is 10.1 Å². The largest absolute Gasteiger partial charge is 0.457 e. The summed E-state index contributed by atoms with van der Waals surface area (Å²) in [5.74, 6) is 1.67. The van der Waals surface area contributed by atoms with Crippen LogP contribution in [0.25, 0.3) is 0 Å². The van der Waals surface area contributed by atoms with Gasteiger partial charge in [-0.3, -0.25) is 4.98 Å². The van der Waals surface area contributed by atoms with Gasteiger partial charge in [0.2, 0.25) is 0 Å². The minimum atomic E-state index is 0.741. The minimum Gasteiger partial charge on any atom is -0.457 e. The lowest BCUT2D eigenvalue weighted by Gasteiger charge is -2.07. The lowest BCUT2D eigenvalue weighted by atomic mass is 10.2. The van der Waals surface area contributed by atoms with Crippen LogP contribution in [0, 0.1) is 6.92 Å². The highest BCUT2D eigenvalue weighted by Crippen LogP contribution is 2.22. The van der Waals surface area contributed by atoms with E-state index >= 15 is 0 Å². The van der Waals surface area contributed by atoms with Crippen LogP contribution < -0.4 is 10.1 Å². The van der Waals surface area contributed by atoms with E-state index < -0.39 is 0 Å². The zero-order valence-electron chi connectivity index (χ0n) is 10.1. The number of ether oxygens (including phenoxy) is 1. The smallest absolute Gasteiger partial charge is 0.130 e. The highest BCUT2D eigenvalue weighted by Gasteiger charge is 1.99. The van der Waals surface area contributed by atoms with Gasteiger partial charge in [-0.25, -0.2) is 0 Å². The standard InChI is InChI=1S/C14H16N2O/c1-11-4-3-5-13(8-11)17-14-6-7-16-12(9-14)10-15-2/h3-9,15H,10H2,1-2H3. The SMILES string of the molecule is CNCc1cc(Oc2cccc(C)c2)ccn1. The average Bonchev–Trinajstić information content (AvgIpc) is 2.30. The van der Waals surface area contributed by atoms with Crippen molar-refractivity contribution in [1.82, 2.24) is 10.3 Å². The number of rotatable bonds is 4. The van der Waals surface area contributed by atoms with Gasteiger partial charge in [-0.05, 0) is 37.7 Å². The van der Waals surface area contributed by atoms with Crippen LogP contribution in [0.3, 0.4) is 0 Å². The van der Waals surface area contributed by atoms with Crippen molar-refractivity contribution in [3.8, 4) is 11.5 Å². The topological polar surface area (TPSA) is 34.1 Å². The first-order valence-electron chi connectivity index (χ1n) is 5.62. The summed E-state index contributed by atoms with van der Waals surface area (Å²) in [5, 5.41) is 3.07. The number of pyridine rings is 1. The van der Waals surface area contributed by atoms with Crippen molar-refractivity contribution in [3.05, 3.63) is 53.9 Å². The number of hydrogen-bond donors (Lipinski definition) is 1. The number of nitrogens with zero attached hydrogens (tertiary/aromatic N) is 1. The zero-order valence-corrected chi connectivity index (χ0v) is 10.1. The molecule has 0 saturated heterocycles. The van der Waals surface area contributed by atoms with Crippen LogP contribution in [-0.4, -0.2) is 12.0 Å². The van der Waals surface area contributed by atoms with Crippen molar-refractivity contribution in [2.24, 2.45) is 0 Å². The molecule has 1 N–H and O–H groups in total. The Balaban J connectivity index is 2.15. The molecule has 0 radical (unpaired) electrons. The minimum absolute atomic E-state index is 0.741. The molecule has 3 heteroatoms. The molecule has 88 valence electrons. The Bertz CT molecular complexity index is 497. The molecule has 1 aromatic heterocycles. The first-order chi connectivity index (χ1) is 8.28. The molecular weight excluding hydrogens is 212 g/mol. The number of aromatic nitrogens is 1. The van der Waals surface area contributed by atoms with Gasteiger partial charge in [-0.15, -0.1) is 0 Å². The van der Waals surface area contributed by atoms with Gasteiger partial charge in [-0.2, -0.15) is 0 Å². The van der Waals surface area contributed by atoms with Crippen molar-refractivity contribution in [1.29, 1.82) is 0 Å². The van der Waals surface area contributed by atoms with Crippen molar-refractivity contribution in [3.63, 3.8) is 0 Å². The molecular formula is C14H16N2O. The second-order valence-electron chi connectivity index (χ2n) is 3.93. The molecule has 0 aliphatic carbocycles. The lowest BCUT2D eigenvalue weighted by molar-refractivity contribution is 0.480. The third kappa shape index (κ3) is 3.29. The molecule has 1 heterocycles. The first-order valence-corrected chi connectivity index (χ1v) is 5.62. The van der Waals surface area contributed by atoms with E-state index in [1.54, 1.807) is 6.20 Å². The summed E-state index contributed by atoms with van der Waals surface area (Å²) in [4.78, 5) is 4.25. The first kappa shape index (κ1) is 11.6. The van der Waals surface area contributed by atoms with Gasteiger partial charge in [-0.1, -0.05) is 12.1 Å². The van der Waals surface area contributed by atoms with Crippen LogP contribution >= 0.6 is 0 Å². The molecule has 0 amide bonds. The van der Waals surface area contributed by atoms with E-state index in [0.29, 0.717) is 0 Å². The van der Waals surface area contributed by atoms with Crippen molar-refractivity contribution in [2.45, 2.75) is 13.5 Å². The molecule has 0 saturated carbocycles. The van der Waals surface area contributed by atoms with Crippen LogP contribution in [0.4, 0.5) is 0 Å². The summed E-state index contributed by atoms with van der Waals surface area (Å²) < 4.78 is 5.78. The molecule has 1 aromatic carbocycles. The average molecular weight is 228 g/mol. The number of hydrogen-bond acceptors (Lipinski definition) is 3. The molecule has 17 heavy (non-hydrogen) atoms. The molecule has 0 bridgehead atoms. The molecule has 0 atom stereocenters. The predicted molar refractivity (Wildman–Crippen MR) is 68.3 cm³/mol. The number of benzene rings is 1. The summed E-state index contributed by atoms with van der Waals surface area (Å²) in [6, 6.07) is 11.8. The fourth-order valence-corrected chi connectivity index (χ4v) is 1.61. The van der Waals surface area contributed by atoms with E-state index in [-0.39, 0.29) is 0 Å². The molecule has 3 nitrogen and oxygen atoms in total. The van der Waals surface area contributed by atoms with Gasteiger partial charge in [0, 0.05) is 18.8 Å². The fourth-order valence-electron chi connectivity index (χ4n) is 1.61. The van der Waals surface area contributed by atoms with E-state index in [2.05, 4.69) is 10.3 Å². The highest BCUT2D eigenvalue weighted by atomic mass is 16.5. The zero-order chi connectivity index (χ0) is 12.1. The van der Waals surface area contributed by atoms with Crippen molar-refractivity contribution < 1.29 is 4.74 Å². The highest BCUT2D eigenvalue weighted by molar-refractivity contribution is 5.33. The van der Waals surface area contributed by atoms with Gasteiger partial charge in [0.15, 0.2) is 0 Å². The maximum atomic E-state index is 5.78. The van der Waals surface area contributed by atoms with Gasteiger partial charge >= 0.3 is 0 Å². The molecule has 0 fully saturated rings. The Kier molecular flexibility index (Phi) is 3.73. The van der Waals surface area contributed by atoms with Crippen LogP contribution in [0.15, 0.2) is 42.6 Å². The van der Waals surface area contributed by atoms with E-state index in [1.165, 1.54) is 5.56 Å². The summed E-state index contributed by atoms with van der Waals surface area (Å²) in [7, 11) is 1.90. The van der Waals surface area contributed by atoms with Crippen LogP contribution in [0.1, 0.15) is 11.3 Å².